The van der Waals surface area contributed by atoms with Crippen molar-refractivity contribution in [1.82, 2.24) is 4.90 Å². The number of amides is 2. The first kappa shape index (κ1) is 15.7. The van der Waals surface area contributed by atoms with Crippen LogP contribution in [0.5, 0.6) is 11.5 Å². The monoisotopic (exact) mass is 300 g/mol. The van der Waals surface area contributed by atoms with Gasteiger partial charge >= 0.3 is 6.03 Å². The van der Waals surface area contributed by atoms with Gasteiger partial charge in [-0.2, -0.15) is 0 Å². The Kier molecular flexibility index (Phi) is 5.25. The van der Waals surface area contributed by atoms with E-state index in [9.17, 15) is 4.79 Å². The molecule has 1 N–H and O–H groups in total. The molecule has 0 aliphatic heterocycles. The summed E-state index contributed by atoms with van der Waals surface area (Å²) in [5, 5.41) is 2.84. The van der Waals surface area contributed by atoms with Crippen LogP contribution in [0.15, 0.2) is 48.5 Å². The minimum absolute atomic E-state index is 0.177. The molecule has 0 aliphatic carbocycles. The highest BCUT2D eigenvalue weighted by molar-refractivity contribution is 5.89. The van der Waals surface area contributed by atoms with Crippen molar-refractivity contribution in [2.24, 2.45) is 0 Å². The highest BCUT2D eigenvalue weighted by Gasteiger charge is 2.12. The molecule has 0 aliphatic rings. The fourth-order valence-electron chi connectivity index (χ4n) is 2.05. The summed E-state index contributed by atoms with van der Waals surface area (Å²) in [4.78, 5) is 13.8. The summed E-state index contributed by atoms with van der Waals surface area (Å²) in [6, 6.07) is 14.7. The Morgan fingerprint density at radius 3 is 2.45 bits per heavy atom. The number of para-hydroxylation sites is 1. The zero-order chi connectivity index (χ0) is 15.9. The molecule has 5 nitrogen and oxygen atoms in total. The van der Waals surface area contributed by atoms with Crippen molar-refractivity contribution >= 4 is 11.7 Å². The number of ether oxygens (including phenoxy) is 2. The molecule has 0 heterocycles. The van der Waals surface area contributed by atoms with E-state index < -0.39 is 0 Å². The molecular weight excluding hydrogens is 280 g/mol. The van der Waals surface area contributed by atoms with Gasteiger partial charge in [-0.25, -0.2) is 4.79 Å². The van der Waals surface area contributed by atoms with Crippen molar-refractivity contribution in [1.29, 1.82) is 0 Å². The summed E-state index contributed by atoms with van der Waals surface area (Å²) in [5.74, 6) is 1.41. The average Bonchev–Trinajstić information content (AvgIpc) is 2.56. The van der Waals surface area contributed by atoms with E-state index in [0.29, 0.717) is 12.3 Å². The fourth-order valence-corrected chi connectivity index (χ4v) is 2.05. The normalized spacial score (nSPS) is 9.95. The third-order valence-electron chi connectivity index (χ3n) is 3.27. The Labute approximate surface area is 130 Å². The maximum Gasteiger partial charge on any atom is 0.321 e. The maximum atomic E-state index is 12.2. The molecule has 0 aromatic heterocycles. The lowest BCUT2D eigenvalue weighted by Crippen LogP contribution is -2.30. The second-order valence-electron chi connectivity index (χ2n) is 4.83. The van der Waals surface area contributed by atoms with Crippen LogP contribution < -0.4 is 14.8 Å². The van der Waals surface area contributed by atoms with Gasteiger partial charge in [-0.1, -0.05) is 18.2 Å². The number of methoxy groups -OCH3 is 2. The molecule has 22 heavy (non-hydrogen) atoms. The summed E-state index contributed by atoms with van der Waals surface area (Å²) in [5.41, 5.74) is 1.68. The number of urea groups is 1. The van der Waals surface area contributed by atoms with Gasteiger partial charge in [-0.05, 0) is 24.3 Å². The third kappa shape index (κ3) is 3.91. The molecule has 2 rings (SSSR count). The van der Waals surface area contributed by atoms with Crippen LogP contribution in [0.1, 0.15) is 5.56 Å². The van der Waals surface area contributed by atoms with Crippen LogP contribution in [0, 0.1) is 0 Å². The molecule has 2 amide bonds. The quantitative estimate of drug-likeness (QED) is 0.921. The number of rotatable bonds is 5. The molecule has 2 aromatic rings. The number of hydrogen-bond donors (Lipinski definition) is 1. The summed E-state index contributed by atoms with van der Waals surface area (Å²) >= 11 is 0. The molecule has 116 valence electrons. The predicted molar refractivity (Wildman–Crippen MR) is 86.5 cm³/mol. The average molecular weight is 300 g/mol. The van der Waals surface area contributed by atoms with Gasteiger partial charge in [0, 0.05) is 24.4 Å². The van der Waals surface area contributed by atoms with Gasteiger partial charge in [0.25, 0.3) is 0 Å². The van der Waals surface area contributed by atoms with Crippen molar-refractivity contribution in [3.63, 3.8) is 0 Å². The van der Waals surface area contributed by atoms with Crippen LogP contribution in [0.3, 0.4) is 0 Å². The van der Waals surface area contributed by atoms with Crippen molar-refractivity contribution in [2.75, 3.05) is 26.6 Å². The van der Waals surface area contributed by atoms with Crippen molar-refractivity contribution in [2.45, 2.75) is 6.54 Å². The van der Waals surface area contributed by atoms with Gasteiger partial charge < -0.3 is 19.7 Å². The number of nitrogens with one attached hydrogen (secondary N) is 1. The molecule has 0 fully saturated rings. The number of anilines is 1. The summed E-state index contributed by atoms with van der Waals surface area (Å²) in [7, 11) is 4.94. The molecule has 0 spiro atoms. The number of carbonyl (C=O) groups excluding carboxylic acids is 1. The minimum atomic E-state index is -0.177. The molecule has 0 radical (unpaired) electrons. The first-order chi connectivity index (χ1) is 10.6. The van der Waals surface area contributed by atoms with Crippen molar-refractivity contribution < 1.29 is 14.3 Å². The Balaban J connectivity index is 2.05. The Bertz CT molecular complexity index is 629. The van der Waals surface area contributed by atoms with Gasteiger partial charge in [-0.3, -0.25) is 0 Å². The first-order valence-corrected chi connectivity index (χ1v) is 6.92. The van der Waals surface area contributed by atoms with E-state index in [1.807, 2.05) is 42.5 Å². The van der Waals surface area contributed by atoms with E-state index in [2.05, 4.69) is 5.32 Å². The second kappa shape index (κ2) is 7.36. The van der Waals surface area contributed by atoms with Crippen molar-refractivity contribution in [3.8, 4) is 11.5 Å². The second-order valence-corrected chi connectivity index (χ2v) is 4.83. The zero-order valence-electron chi connectivity index (χ0n) is 13.0. The Hall–Kier alpha value is -2.69. The van der Waals surface area contributed by atoms with Gasteiger partial charge in [0.05, 0.1) is 20.8 Å². The Morgan fingerprint density at radius 2 is 1.82 bits per heavy atom. The topological polar surface area (TPSA) is 50.8 Å². The summed E-state index contributed by atoms with van der Waals surface area (Å²) in [6.45, 7) is 0.436. The van der Waals surface area contributed by atoms with Crippen molar-refractivity contribution in [3.05, 3.63) is 54.1 Å². The maximum absolute atomic E-state index is 12.2. The van der Waals surface area contributed by atoms with E-state index in [-0.39, 0.29) is 6.03 Å². The lowest BCUT2D eigenvalue weighted by atomic mass is 10.2. The van der Waals surface area contributed by atoms with E-state index in [4.69, 9.17) is 9.47 Å². The van der Waals surface area contributed by atoms with E-state index in [0.717, 1.165) is 17.0 Å². The molecular formula is C17H20N2O3. The number of nitrogens with zero attached hydrogens (tertiary/aromatic N) is 1. The van der Waals surface area contributed by atoms with Gasteiger partial charge in [0.2, 0.25) is 0 Å². The third-order valence-corrected chi connectivity index (χ3v) is 3.27. The summed E-state index contributed by atoms with van der Waals surface area (Å²) < 4.78 is 10.5. The van der Waals surface area contributed by atoms with Crippen LogP contribution in [0.25, 0.3) is 0 Å². The largest absolute Gasteiger partial charge is 0.497 e. The van der Waals surface area contributed by atoms with Crippen LogP contribution in [-0.2, 0) is 6.54 Å². The highest BCUT2D eigenvalue weighted by Crippen LogP contribution is 2.25. The number of benzene rings is 2. The lowest BCUT2D eigenvalue weighted by Gasteiger charge is -2.19. The minimum Gasteiger partial charge on any atom is -0.497 e. The summed E-state index contributed by atoms with van der Waals surface area (Å²) in [6.07, 6.45) is 0. The Morgan fingerprint density at radius 1 is 1.09 bits per heavy atom. The molecule has 0 saturated heterocycles. The van der Waals surface area contributed by atoms with E-state index in [1.54, 1.807) is 32.2 Å². The molecule has 2 aromatic carbocycles. The first-order valence-electron chi connectivity index (χ1n) is 6.92. The molecule has 0 saturated carbocycles. The fraction of sp³-hybridized carbons (Fsp3) is 0.235. The molecule has 0 bridgehead atoms. The SMILES string of the molecule is COc1ccc(CN(C)C(=O)Nc2ccccc2)c(OC)c1. The van der Waals surface area contributed by atoms with Gasteiger partial charge in [-0.15, -0.1) is 0 Å². The van der Waals surface area contributed by atoms with Crippen LogP contribution in [-0.4, -0.2) is 32.2 Å². The lowest BCUT2D eigenvalue weighted by molar-refractivity contribution is 0.220. The van der Waals surface area contributed by atoms with Crippen LogP contribution in [0.4, 0.5) is 10.5 Å². The van der Waals surface area contributed by atoms with Crippen LogP contribution >= 0.6 is 0 Å². The molecule has 5 heteroatoms. The number of hydrogen-bond acceptors (Lipinski definition) is 3. The van der Waals surface area contributed by atoms with Gasteiger partial charge in [0.15, 0.2) is 0 Å². The highest BCUT2D eigenvalue weighted by atomic mass is 16.5. The van der Waals surface area contributed by atoms with E-state index >= 15 is 0 Å². The molecule has 0 unspecified atom stereocenters. The van der Waals surface area contributed by atoms with Crippen LogP contribution in [0.2, 0.25) is 0 Å². The smallest absolute Gasteiger partial charge is 0.321 e. The molecule has 0 atom stereocenters. The van der Waals surface area contributed by atoms with Gasteiger partial charge in [0.1, 0.15) is 11.5 Å². The standard InChI is InChI=1S/C17H20N2O3/c1-19(17(20)18-14-7-5-4-6-8-14)12-13-9-10-15(21-2)11-16(13)22-3/h4-11H,12H2,1-3H3,(H,18,20). The number of carbonyl (C=O) groups is 1. The van der Waals surface area contributed by atoms with E-state index in [1.165, 1.54) is 0 Å². The predicted octanol–water partition coefficient (Wildman–Crippen LogP) is 3.37. The zero-order valence-corrected chi connectivity index (χ0v) is 13.0.